The number of rotatable bonds is 24. The first-order chi connectivity index (χ1) is 35.5. The average molecular weight is 1020 g/mol. The maximum atomic E-state index is 15.4. The molecule has 1 aliphatic carbocycles. The lowest BCUT2D eigenvalue weighted by Gasteiger charge is -2.31. The van der Waals surface area contributed by atoms with Crippen LogP contribution in [-0.4, -0.2) is 108 Å². The fourth-order valence-electron chi connectivity index (χ4n) is 9.48. The van der Waals surface area contributed by atoms with Gasteiger partial charge in [-0.2, -0.15) is 0 Å². The van der Waals surface area contributed by atoms with Crippen molar-refractivity contribution in [1.29, 1.82) is 0 Å². The number of esters is 1. The number of terminal acetylenes is 1. The largest absolute Gasteiger partial charge is 0.458 e. The topological polar surface area (TPSA) is 274 Å². The van der Waals surface area contributed by atoms with Gasteiger partial charge < -0.3 is 55.8 Å². The Hall–Kier alpha value is -7.54. The van der Waals surface area contributed by atoms with Gasteiger partial charge in [0.25, 0.3) is 5.56 Å². The number of hydrogen-bond donors (Lipinski definition) is 7. The summed E-state index contributed by atoms with van der Waals surface area (Å²) >= 11 is 0. The van der Waals surface area contributed by atoms with Crippen molar-refractivity contribution in [3.63, 3.8) is 0 Å². The van der Waals surface area contributed by atoms with Gasteiger partial charge in [-0.15, -0.1) is 12.3 Å². The molecule has 2 aliphatic heterocycles. The molecule has 74 heavy (non-hydrogen) atoms. The standard InChI is InChI=1S/C53H61FN8O12/c1-5-7-8-9-11-14-30(3)73-28-45(66)56-22-42(63)55-24-44(65)60-40(19-32-15-12-10-13-16-32)50(68)57-23-43(64)58-29-72-27-46(67)59-38-18-17-33-31(4)37(54)21-39-47(33)48(38)34-25-62-41(49(34)61-39)20-36-35(51(62)69)26-74-52(70)53(36,71)6-2/h1,10,12-13,15-16,20-21,30,38,40,71H,6-9,11,14,17-19,22-29H2,2-4H3,(H,55,63)(H,56,66)(H,57,68)(H,58,64)(H,59,67)(H,60,65)/t30?,38-,40-,53-/m0/s1. The van der Waals surface area contributed by atoms with Gasteiger partial charge in [0.15, 0.2) is 5.60 Å². The highest BCUT2D eigenvalue weighted by Gasteiger charge is 2.46. The summed E-state index contributed by atoms with van der Waals surface area (Å²) in [4.78, 5) is 109. The van der Waals surface area contributed by atoms with Crippen LogP contribution in [0.1, 0.15) is 104 Å². The van der Waals surface area contributed by atoms with Crippen LogP contribution >= 0.6 is 0 Å². The van der Waals surface area contributed by atoms with E-state index in [1.54, 1.807) is 50.2 Å². The molecule has 4 aromatic rings. The maximum absolute atomic E-state index is 15.4. The van der Waals surface area contributed by atoms with E-state index in [1.807, 2.05) is 6.92 Å². The molecule has 7 rings (SSSR count). The zero-order chi connectivity index (χ0) is 53.1. The van der Waals surface area contributed by atoms with Crippen LogP contribution in [0, 0.1) is 25.1 Å². The van der Waals surface area contributed by atoms with Gasteiger partial charge in [-0.1, -0.05) is 50.1 Å². The molecule has 0 saturated carbocycles. The van der Waals surface area contributed by atoms with Gasteiger partial charge in [0.1, 0.15) is 38.4 Å². The Labute approximate surface area is 426 Å². The number of ether oxygens (including phenoxy) is 3. The Morgan fingerprint density at radius 3 is 2.42 bits per heavy atom. The van der Waals surface area contributed by atoms with E-state index in [2.05, 4.69) is 37.8 Å². The molecule has 0 fully saturated rings. The average Bonchev–Trinajstić information content (AvgIpc) is 3.76. The number of halogens is 1. The fourth-order valence-corrected chi connectivity index (χ4v) is 9.48. The van der Waals surface area contributed by atoms with E-state index in [4.69, 9.17) is 25.6 Å². The lowest BCUT2D eigenvalue weighted by Crippen LogP contribution is -2.52. The zero-order valence-corrected chi connectivity index (χ0v) is 41.6. The molecule has 4 atom stereocenters. The van der Waals surface area contributed by atoms with Crippen molar-refractivity contribution >= 4 is 52.3 Å². The van der Waals surface area contributed by atoms with E-state index in [1.165, 1.54) is 10.6 Å². The van der Waals surface area contributed by atoms with E-state index in [9.17, 15) is 43.5 Å². The molecule has 6 amide bonds. The van der Waals surface area contributed by atoms with Crippen molar-refractivity contribution in [3.8, 4) is 23.7 Å². The van der Waals surface area contributed by atoms with Crippen LogP contribution < -0.4 is 37.5 Å². The van der Waals surface area contributed by atoms with Crippen LogP contribution in [0.4, 0.5) is 4.39 Å². The molecule has 2 aromatic carbocycles. The summed E-state index contributed by atoms with van der Waals surface area (Å²) in [6, 6.07) is 9.92. The number of aryl methyl sites for hydroxylation is 1. The number of benzene rings is 2. The number of nitrogens with one attached hydrogen (secondary N) is 6. The Balaban J connectivity index is 0.893. The third-order valence-electron chi connectivity index (χ3n) is 13.5. The highest BCUT2D eigenvalue weighted by Crippen LogP contribution is 2.46. The Morgan fingerprint density at radius 1 is 0.932 bits per heavy atom. The summed E-state index contributed by atoms with van der Waals surface area (Å²) in [6.07, 6.45) is 10.2. The van der Waals surface area contributed by atoms with Crippen molar-refractivity contribution in [2.24, 2.45) is 0 Å². The monoisotopic (exact) mass is 1020 g/mol. The summed E-state index contributed by atoms with van der Waals surface area (Å²) < 4.78 is 33.1. The summed E-state index contributed by atoms with van der Waals surface area (Å²) in [5, 5.41) is 27.4. The van der Waals surface area contributed by atoms with Gasteiger partial charge in [-0.3, -0.25) is 33.6 Å². The smallest absolute Gasteiger partial charge is 0.343 e. The minimum absolute atomic E-state index is 0.0453. The van der Waals surface area contributed by atoms with Gasteiger partial charge >= 0.3 is 5.97 Å². The lowest BCUT2D eigenvalue weighted by atomic mass is 9.81. The second kappa shape index (κ2) is 24.5. The quantitative estimate of drug-likeness (QED) is 0.0201. The number of pyridine rings is 2. The predicted octanol–water partition coefficient (Wildman–Crippen LogP) is 1.79. The van der Waals surface area contributed by atoms with Crippen molar-refractivity contribution in [3.05, 3.63) is 97.6 Å². The summed E-state index contributed by atoms with van der Waals surface area (Å²) in [5.41, 5.74) is 1.92. The third-order valence-corrected chi connectivity index (χ3v) is 13.5. The molecule has 1 unspecified atom stereocenters. The van der Waals surface area contributed by atoms with Crippen LogP contribution in [0.2, 0.25) is 0 Å². The fraction of sp³-hybridized carbons (Fsp3) is 0.453. The first kappa shape index (κ1) is 54.2. The first-order valence-corrected chi connectivity index (χ1v) is 24.7. The van der Waals surface area contributed by atoms with Crippen LogP contribution in [0.15, 0.2) is 47.3 Å². The molecule has 7 N–H and O–H groups in total. The van der Waals surface area contributed by atoms with Gasteiger partial charge in [0, 0.05) is 35.4 Å². The summed E-state index contributed by atoms with van der Waals surface area (Å²) in [5.74, 6) is -2.47. The number of aliphatic hydroxyl groups is 1. The van der Waals surface area contributed by atoms with Crippen molar-refractivity contribution in [2.75, 3.05) is 39.6 Å². The van der Waals surface area contributed by atoms with Crippen LogP contribution in [0.5, 0.6) is 0 Å². The minimum atomic E-state index is -2.05. The number of aromatic nitrogens is 2. The number of hydrogen-bond acceptors (Lipinski definition) is 13. The molecular formula is C53H61FN8O12. The third kappa shape index (κ3) is 12.6. The predicted molar refractivity (Wildman–Crippen MR) is 266 cm³/mol. The van der Waals surface area contributed by atoms with Gasteiger partial charge in [0.05, 0.1) is 60.8 Å². The highest BCUT2D eigenvalue weighted by molar-refractivity contribution is 5.95. The van der Waals surface area contributed by atoms with Crippen LogP contribution in [0.25, 0.3) is 22.3 Å². The Bertz CT molecular complexity index is 2940. The SMILES string of the molecule is C#CCCCCCC(C)OCC(=O)NCC(=O)NCC(=O)N[C@@H](Cc1ccccc1)C(=O)NCC(=O)NCOCC(=O)N[C@H]1CCc2c(C)c(F)cc3nc4c(c1c23)Cn1c-4cc2c(c1=O)COC(=O)[C@]2(O)CC. The molecule has 0 spiro atoms. The van der Waals surface area contributed by atoms with E-state index < -0.39 is 103 Å². The molecular weight excluding hydrogens is 960 g/mol. The van der Waals surface area contributed by atoms with Crippen LogP contribution in [-0.2, 0) is 79.4 Å². The minimum Gasteiger partial charge on any atom is -0.458 e. The molecule has 3 aliphatic rings. The van der Waals surface area contributed by atoms with Gasteiger partial charge in [-0.25, -0.2) is 14.2 Å². The molecule has 0 bridgehead atoms. The van der Waals surface area contributed by atoms with E-state index in [0.29, 0.717) is 57.4 Å². The van der Waals surface area contributed by atoms with Crippen molar-refractivity contribution < 1.29 is 57.3 Å². The van der Waals surface area contributed by atoms with Gasteiger partial charge in [-0.05, 0) is 74.3 Å². The number of cyclic esters (lactones) is 1. The summed E-state index contributed by atoms with van der Waals surface area (Å²) in [7, 11) is 0. The zero-order valence-electron chi connectivity index (χ0n) is 41.6. The molecule has 4 heterocycles. The highest BCUT2D eigenvalue weighted by atomic mass is 19.1. The Kier molecular flexibility index (Phi) is 17.9. The second-order valence-corrected chi connectivity index (χ2v) is 18.6. The van der Waals surface area contributed by atoms with Crippen molar-refractivity contribution in [2.45, 2.75) is 115 Å². The number of nitrogens with zero attached hydrogens (tertiary/aromatic N) is 2. The number of amides is 6. The lowest BCUT2D eigenvalue weighted by molar-refractivity contribution is -0.172. The first-order valence-electron chi connectivity index (χ1n) is 24.7. The molecule has 392 valence electrons. The molecule has 2 aromatic heterocycles. The normalized spacial score (nSPS) is 16.8. The summed E-state index contributed by atoms with van der Waals surface area (Å²) in [6.45, 7) is 2.33. The molecule has 0 radical (unpaired) electrons. The number of fused-ring (bicyclic) bond motifs is 5. The second-order valence-electron chi connectivity index (χ2n) is 18.6. The molecule has 21 heteroatoms. The molecule has 20 nitrogen and oxygen atoms in total. The van der Waals surface area contributed by atoms with E-state index >= 15 is 4.39 Å². The Morgan fingerprint density at radius 2 is 1.66 bits per heavy atom. The number of unbranched alkanes of at least 4 members (excludes halogenated alkanes) is 3. The number of carbonyl (C=O) groups is 7. The maximum Gasteiger partial charge on any atom is 0.343 e. The van der Waals surface area contributed by atoms with Crippen molar-refractivity contribution in [1.82, 2.24) is 41.5 Å². The van der Waals surface area contributed by atoms with E-state index in [0.717, 1.165) is 37.7 Å². The van der Waals surface area contributed by atoms with E-state index in [-0.39, 0.29) is 49.8 Å². The van der Waals surface area contributed by atoms with Gasteiger partial charge in [0.2, 0.25) is 35.4 Å². The number of carbonyl (C=O) groups excluding carboxylic acids is 7. The van der Waals surface area contributed by atoms with Crippen LogP contribution in [0.3, 0.4) is 0 Å². The molecule has 0 saturated heterocycles.